The molecule has 21 heavy (non-hydrogen) atoms. The third kappa shape index (κ3) is 3.02. The number of halogens is 3. The fourth-order valence-electron chi connectivity index (χ4n) is 2.28. The number of nitrogens with zero attached hydrogens (tertiary/aromatic N) is 2. The summed E-state index contributed by atoms with van der Waals surface area (Å²) in [4.78, 5) is 3.90. The van der Waals surface area contributed by atoms with E-state index >= 15 is 0 Å². The quantitative estimate of drug-likeness (QED) is 0.801. The topological polar surface area (TPSA) is 33.6 Å². The van der Waals surface area contributed by atoms with Crippen molar-refractivity contribution in [3.63, 3.8) is 0 Å². The maximum Gasteiger partial charge on any atom is 0.213 e. The SMILES string of the molecule is FC1CC1.Fc1ccccc1C1CC(F)c2nc(=S)[nH]n21. The van der Waals surface area contributed by atoms with Crippen molar-refractivity contribution < 1.29 is 13.2 Å². The van der Waals surface area contributed by atoms with Gasteiger partial charge in [-0.05, 0) is 31.1 Å². The lowest BCUT2D eigenvalue weighted by Crippen LogP contribution is -2.09. The van der Waals surface area contributed by atoms with Gasteiger partial charge in [0.25, 0.3) is 0 Å². The Kier molecular flexibility index (Phi) is 3.84. The summed E-state index contributed by atoms with van der Waals surface area (Å²) in [5.41, 5.74) is 0.456. The first-order valence-corrected chi connectivity index (χ1v) is 7.18. The van der Waals surface area contributed by atoms with Crippen LogP contribution < -0.4 is 0 Å². The van der Waals surface area contributed by atoms with Crippen molar-refractivity contribution in [3.05, 3.63) is 46.2 Å². The summed E-state index contributed by atoms with van der Waals surface area (Å²) in [5.74, 6) is -0.0891. The van der Waals surface area contributed by atoms with E-state index in [-0.39, 0.29) is 22.8 Å². The molecule has 1 aliphatic carbocycles. The van der Waals surface area contributed by atoms with Gasteiger partial charge in [-0.2, -0.15) is 0 Å². The molecule has 7 heteroatoms. The van der Waals surface area contributed by atoms with Crippen molar-refractivity contribution in [2.45, 2.75) is 37.6 Å². The number of hydrogen-bond acceptors (Lipinski definition) is 2. The fraction of sp³-hybridized carbons (Fsp3) is 0.429. The zero-order chi connectivity index (χ0) is 15.0. The van der Waals surface area contributed by atoms with Gasteiger partial charge in [-0.1, -0.05) is 18.2 Å². The van der Waals surface area contributed by atoms with Gasteiger partial charge in [-0.25, -0.2) is 18.2 Å². The Morgan fingerprint density at radius 3 is 2.52 bits per heavy atom. The van der Waals surface area contributed by atoms with E-state index in [0.717, 1.165) is 12.8 Å². The van der Waals surface area contributed by atoms with E-state index in [9.17, 15) is 13.2 Å². The molecule has 1 saturated carbocycles. The monoisotopic (exact) mass is 313 g/mol. The van der Waals surface area contributed by atoms with Crippen LogP contribution in [-0.2, 0) is 0 Å². The predicted octanol–water partition coefficient (Wildman–Crippen LogP) is 4.20. The molecule has 2 heterocycles. The van der Waals surface area contributed by atoms with E-state index in [2.05, 4.69) is 10.1 Å². The number of aromatic nitrogens is 3. The first-order chi connectivity index (χ1) is 10.1. The molecule has 2 atom stereocenters. The summed E-state index contributed by atoms with van der Waals surface area (Å²) in [6.07, 6.45) is 0.211. The lowest BCUT2D eigenvalue weighted by Gasteiger charge is -2.13. The highest BCUT2D eigenvalue weighted by Crippen LogP contribution is 2.39. The zero-order valence-electron chi connectivity index (χ0n) is 11.1. The van der Waals surface area contributed by atoms with Gasteiger partial charge < -0.3 is 0 Å². The number of nitrogens with one attached hydrogen (secondary N) is 1. The molecule has 0 bridgehead atoms. The summed E-state index contributed by atoms with van der Waals surface area (Å²) in [6.45, 7) is 0. The van der Waals surface area contributed by atoms with Crippen LogP contribution in [0, 0.1) is 10.6 Å². The predicted molar refractivity (Wildman–Crippen MR) is 74.5 cm³/mol. The van der Waals surface area contributed by atoms with Crippen molar-refractivity contribution in [1.29, 1.82) is 0 Å². The average molecular weight is 313 g/mol. The molecule has 112 valence electrons. The van der Waals surface area contributed by atoms with Crippen LogP contribution in [0.2, 0.25) is 0 Å². The van der Waals surface area contributed by atoms with E-state index in [1.165, 1.54) is 10.7 Å². The van der Waals surface area contributed by atoms with Gasteiger partial charge in [0, 0.05) is 12.0 Å². The van der Waals surface area contributed by atoms with Crippen molar-refractivity contribution in [1.82, 2.24) is 14.8 Å². The molecule has 1 N–H and O–H groups in total. The molecule has 4 rings (SSSR count). The Morgan fingerprint density at radius 1 is 1.24 bits per heavy atom. The molecule has 3 nitrogen and oxygen atoms in total. The standard InChI is InChI=1S/C11H9F2N3S.C3H5F/c12-7-4-2-1-3-6(7)9-5-8(13)10-14-11(17)15-16(9)10;4-3-1-2-3/h1-4,8-9H,5H2,(H,15,17);3H,1-2H2. The van der Waals surface area contributed by atoms with Crippen LogP contribution in [0.1, 0.15) is 42.9 Å². The number of fused-ring (bicyclic) bond motifs is 1. The van der Waals surface area contributed by atoms with E-state index in [1.54, 1.807) is 18.2 Å². The average Bonchev–Trinajstić information content (AvgIpc) is 3.04. The van der Waals surface area contributed by atoms with Crippen LogP contribution in [-0.4, -0.2) is 20.9 Å². The Morgan fingerprint density at radius 2 is 1.90 bits per heavy atom. The molecule has 1 aromatic heterocycles. The van der Waals surface area contributed by atoms with Gasteiger partial charge >= 0.3 is 0 Å². The highest BCUT2D eigenvalue weighted by molar-refractivity contribution is 7.71. The maximum atomic E-state index is 13.7. The zero-order valence-corrected chi connectivity index (χ0v) is 11.9. The van der Waals surface area contributed by atoms with E-state index in [0.29, 0.717) is 5.56 Å². The molecule has 0 amide bonds. The van der Waals surface area contributed by atoms with Crippen molar-refractivity contribution >= 4 is 12.2 Å². The van der Waals surface area contributed by atoms with Crippen molar-refractivity contribution in [2.24, 2.45) is 0 Å². The second kappa shape index (κ2) is 5.63. The van der Waals surface area contributed by atoms with Crippen molar-refractivity contribution in [2.75, 3.05) is 0 Å². The third-order valence-corrected chi connectivity index (χ3v) is 3.65. The summed E-state index contributed by atoms with van der Waals surface area (Å²) in [6, 6.07) is 5.96. The largest absolute Gasteiger partial charge is 0.270 e. The van der Waals surface area contributed by atoms with Crippen LogP contribution in [0.5, 0.6) is 0 Å². The van der Waals surface area contributed by atoms with Gasteiger partial charge in [0.1, 0.15) is 12.0 Å². The molecule has 2 aromatic rings. The van der Waals surface area contributed by atoms with Crippen LogP contribution in [0.15, 0.2) is 24.3 Å². The smallest absolute Gasteiger partial charge is 0.213 e. The number of alkyl halides is 2. The van der Waals surface area contributed by atoms with Crippen LogP contribution >= 0.6 is 12.2 Å². The van der Waals surface area contributed by atoms with E-state index in [1.807, 2.05) is 0 Å². The summed E-state index contributed by atoms with van der Waals surface area (Å²) < 4.78 is 40.3. The second-order valence-electron chi connectivity index (χ2n) is 5.17. The normalized spacial score (nSPS) is 23.4. The molecule has 2 aliphatic rings. The molecule has 0 saturated heterocycles. The number of rotatable bonds is 1. The highest BCUT2D eigenvalue weighted by atomic mass is 32.1. The minimum Gasteiger partial charge on any atom is -0.270 e. The van der Waals surface area contributed by atoms with E-state index in [4.69, 9.17) is 12.2 Å². The number of benzene rings is 1. The summed E-state index contributed by atoms with van der Waals surface area (Å²) in [5, 5.41) is 2.78. The van der Waals surface area contributed by atoms with Gasteiger partial charge in [0.2, 0.25) is 4.77 Å². The van der Waals surface area contributed by atoms with Crippen molar-refractivity contribution in [3.8, 4) is 0 Å². The van der Waals surface area contributed by atoms with Gasteiger partial charge in [0.05, 0.1) is 6.04 Å². The van der Waals surface area contributed by atoms with Crippen LogP contribution in [0.3, 0.4) is 0 Å². The first-order valence-electron chi connectivity index (χ1n) is 6.77. The molecule has 1 fully saturated rings. The number of H-pyrrole nitrogens is 1. The summed E-state index contributed by atoms with van der Waals surface area (Å²) >= 11 is 4.86. The molecule has 2 unspecified atom stereocenters. The lowest BCUT2D eigenvalue weighted by atomic mass is 10.0. The molecular formula is C14H14F3N3S. The number of aromatic amines is 1. The molecule has 1 aromatic carbocycles. The second-order valence-corrected chi connectivity index (χ2v) is 5.56. The lowest BCUT2D eigenvalue weighted by molar-refractivity contribution is 0.327. The minimum absolute atomic E-state index is 0.190. The molecule has 0 radical (unpaired) electrons. The van der Waals surface area contributed by atoms with E-state index < -0.39 is 18.4 Å². The minimum atomic E-state index is -1.20. The molecule has 0 spiro atoms. The maximum absolute atomic E-state index is 13.7. The van der Waals surface area contributed by atoms with Crippen LogP contribution in [0.25, 0.3) is 0 Å². The van der Waals surface area contributed by atoms with Gasteiger partial charge in [-0.15, -0.1) is 0 Å². The third-order valence-electron chi connectivity index (χ3n) is 3.47. The first kappa shape index (κ1) is 14.3. The number of hydrogen-bond donors (Lipinski definition) is 1. The highest BCUT2D eigenvalue weighted by Gasteiger charge is 2.35. The Hall–Kier alpha value is -1.63. The Labute approximate surface area is 124 Å². The van der Waals surface area contributed by atoms with Gasteiger partial charge in [0.15, 0.2) is 12.0 Å². The molecule has 1 aliphatic heterocycles. The molecular weight excluding hydrogens is 299 g/mol. The fourth-order valence-corrected chi connectivity index (χ4v) is 2.47. The Balaban J connectivity index is 0.000000287. The van der Waals surface area contributed by atoms with Gasteiger partial charge in [-0.3, -0.25) is 9.78 Å². The van der Waals surface area contributed by atoms with Crippen LogP contribution in [0.4, 0.5) is 13.2 Å². The Bertz CT molecular complexity index is 693. The summed E-state index contributed by atoms with van der Waals surface area (Å²) in [7, 11) is 0.